The molecule has 0 aliphatic carbocycles. The minimum Gasteiger partial charge on any atom is -0.370 e. The molecule has 2 heterocycles. The average molecular weight is 437 g/mol. The Bertz CT molecular complexity index is 587. The Kier molecular flexibility index (Phi) is 11.1. The fraction of sp³-hybridized carbons (Fsp3) is 0.870. The molecule has 2 fully saturated rings. The largest absolute Gasteiger partial charge is 0.370 e. The zero-order valence-electron chi connectivity index (χ0n) is 19.9. The van der Waals surface area contributed by atoms with Gasteiger partial charge in [-0.1, -0.05) is 27.2 Å². The normalized spacial score (nSPS) is 20.5. The van der Waals surface area contributed by atoms with Crippen LogP contribution < -0.4 is 11.1 Å². The predicted octanol–water partition coefficient (Wildman–Crippen LogP) is 1.65. The van der Waals surface area contributed by atoms with Gasteiger partial charge in [0.15, 0.2) is 5.96 Å². The van der Waals surface area contributed by atoms with Gasteiger partial charge in [-0.3, -0.25) is 19.5 Å². The van der Waals surface area contributed by atoms with Crippen LogP contribution in [0.3, 0.4) is 0 Å². The highest BCUT2D eigenvalue weighted by Crippen LogP contribution is 2.16. The van der Waals surface area contributed by atoms with Crippen molar-refractivity contribution in [3.05, 3.63) is 0 Å². The molecular formula is C23H44N6O2. The summed E-state index contributed by atoms with van der Waals surface area (Å²) in [7, 11) is 0. The van der Waals surface area contributed by atoms with Crippen molar-refractivity contribution in [3.8, 4) is 0 Å². The maximum Gasteiger partial charge on any atom is 0.222 e. The average Bonchev–Trinajstić information content (AvgIpc) is 3.21. The van der Waals surface area contributed by atoms with Gasteiger partial charge in [0.2, 0.25) is 11.8 Å². The molecule has 2 amide bonds. The Balaban J connectivity index is 1.51. The Morgan fingerprint density at radius 3 is 2.35 bits per heavy atom. The lowest BCUT2D eigenvalue weighted by Gasteiger charge is -2.35. The summed E-state index contributed by atoms with van der Waals surface area (Å²) in [5.74, 6) is 1.33. The van der Waals surface area contributed by atoms with E-state index in [4.69, 9.17) is 5.73 Å². The number of hydrogen-bond acceptors (Lipinski definition) is 4. The highest BCUT2D eigenvalue weighted by Gasteiger charge is 2.24. The number of carbonyl (C=O) groups is 2. The summed E-state index contributed by atoms with van der Waals surface area (Å²) in [6.45, 7) is 12.8. The monoisotopic (exact) mass is 436 g/mol. The molecule has 0 aromatic carbocycles. The van der Waals surface area contributed by atoms with Crippen molar-refractivity contribution in [1.82, 2.24) is 20.0 Å². The molecule has 0 saturated carbocycles. The van der Waals surface area contributed by atoms with Crippen LogP contribution in [0.2, 0.25) is 0 Å². The standard InChI is InChI=1S/C23H44N6O2/c1-4-27-12-8-9-20(27)18-26-23(24)25-11-7-5-6-10-21(30)28-13-15-29(16-14-28)22(31)17-19(2)3/h19-20H,4-18H2,1-3H3,(H3,24,25,26). The third kappa shape index (κ3) is 9.05. The van der Waals surface area contributed by atoms with E-state index in [9.17, 15) is 9.59 Å². The van der Waals surface area contributed by atoms with E-state index in [1.54, 1.807) is 0 Å². The van der Waals surface area contributed by atoms with Gasteiger partial charge in [-0.2, -0.15) is 0 Å². The number of guanidine groups is 1. The second-order valence-electron chi connectivity index (χ2n) is 9.25. The number of aliphatic imine (C=N–C) groups is 1. The maximum atomic E-state index is 12.4. The number of likely N-dealkylation sites (N-methyl/N-ethyl adjacent to an activating group) is 1. The van der Waals surface area contributed by atoms with Crippen LogP contribution in [-0.2, 0) is 9.59 Å². The van der Waals surface area contributed by atoms with E-state index in [0.717, 1.165) is 38.9 Å². The zero-order valence-corrected chi connectivity index (χ0v) is 19.9. The van der Waals surface area contributed by atoms with Crippen molar-refractivity contribution in [2.75, 3.05) is 52.4 Å². The number of rotatable bonds is 11. The molecule has 0 radical (unpaired) electrons. The summed E-state index contributed by atoms with van der Waals surface area (Å²) in [5, 5.41) is 3.20. The van der Waals surface area contributed by atoms with Gasteiger partial charge in [-0.15, -0.1) is 0 Å². The van der Waals surface area contributed by atoms with E-state index in [1.165, 1.54) is 19.4 Å². The van der Waals surface area contributed by atoms with Crippen molar-refractivity contribution in [3.63, 3.8) is 0 Å². The first kappa shape index (κ1) is 25.4. The molecule has 0 spiro atoms. The molecule has 8 nitrogen and oxygen atoms in total. The number of piperazine rings is 1. The van der Waals surface area contributed by atoms with Crippen LogP contribution in [0.5, 0.6) is 0 Å². The summed E-state index contributed by atoms with van der Waals surface area (Å²) in [4.78, 5) is 35.3. The lowest BCUT2D eigenvalue weighted by molar-refractivity contribution is -0.140. The topological polar surface area (TPSA) is 94.3 Å². The molecule has 178 valence electrons. The van der Waals surface area contributed by atoms with Gasteiger partial charge >= 0.3 is 0 Å². The molecule has 31 heavy (non-hydrogen) atoms. The first-order valence-corrected chi connectivity index (χ1v) is 12.2. The van der Waals surface area contributed by atoms with Crippen LogP contribution in [0.25, 0.3) is 0 Å². The first-order valence-electron chi connectivity index (χ1n) is 12.2. The molecule has 2 rings (SSSR count). The van der Waals surface area contributed by atoms with Crippen molar-refractivity contribution >= 4 is 17.8 Å². The van der Waals surface area contributed by atoms with Crippen molar-refractivity contribution in [1.29, 1.82) is 0 Å². The van der Waals surface area contributed by atoms with E-state index >= 15 is 0 Å². The van der Waals surface area contributed by atoms with Crippen LogP contribution in [0.1, 0.15) is 65.7 Å². The second kappa shape index (κ2) is 13.6. The number of nitrogens with zero attached hydrogens (tertiary/aromatic N) is 4. The molecule has 2 saturated heterocycles. The lowest BCUT2D eigenvalue weighted by Crippen LogP contribution is -2.50. The lowest BCUT2D eigenvalue weighted by atomic mass is 10.1. The Hall–Kier alpha value is -1.83. The number of unbranched alkanes of at least 4 members (excludes halogenated alkanes) is 2. The van der Waals surface area contributed by atoms with Gasteiger partial charge in [-0.05, 0) is 44.7 Å². The quantitative estimate of drug-likeness (QED) is 0.292. The van der Waals surface area contributed by atoms with Crippen LogP contribution in [0, 0.1) is 5.92 Å². The molecular weight excluding hydrogens is 392 g/mol. The minimum absolute atomic E-state index is 0.210. The van der Waals surface area contributed by atoms with Crippen LogP contribution in [0.15, 0.2) is 4.99 Å². The number of carbonyl (C=O) groups excluding carboxylic acids is 2. The van der Waals surface area contributed by atoms with Crippen LogP contribution in [-0.4, -0.2) is 90.9 Å². The number of nitrogens with two attached hydrogens (primary N) is 1. The van der Waals surface area contributed by atoms with Gasteiger partial charge in [0.05, 0.1) is 6.54 Å². The van der Waals surface area contributed by atoms with Crippen molar-refractivity contribution in [2.45, 2.75) is 71.8 Å². The van der Waals surface area contributed by atoms with Crippen LogP contribution in [0.4, 0.5) is 0 Å². The third-order valence-corrected chi connectivity index (χ3v) is 6.32. The minimum atomic E-state index is 0.210. The summed E-state index contributed by atoms with van der Waals surface area (Å²) >= 11 is 0. The molecule has 0 bridgehead atoms. The van der Waals surface area contributed by atoms with E-state index < -0.39 is 0 Å². The fourth-order valence-electron chi connectivity index (χ4n) is 4.41. The third-order valence-electron chi connectivity index (χ3n) is 6.32. The predicted molar refractivity (Wildman–Crippen MR) is 126 cm³/mol. The van der Waals surface area contributed by atoms with Gasteiger partial charge in [0.25, 0.3) is 0 Å². The summed E-state index contributed by atoms with van der Waals surface area (Å²) in [6, 6.07) is 0.534. The van der Waals surface area contributed by atoms with Crippen molar-refractivity contribution < 1.29 is 9.59 Å². The first-order chi connectivity index (χ1) is 14.9. The van der Waals surface area contributed by atoms with Gasteiger partial charge < -0.3 is 20.9 Å². The van der Waals surface area contributed by atoms with Gasteiger partial charge in [0.1, 0.15) is 0 Å². The molecule has 1 atom stereocenters. The molecule has 2 aliphatic rings. The van der Waals surface area contributed by atoms with E-state index in [-0.39, 0.29) is 11.8 Å². The van der Waals surface area contributed by atoms with Gasteiger partial charge in [0, 0.05) is 51.6 Å². The molecule has 2 aliphatic heterocycles. The number of amides is 2. The summed E-state index contributed by atoms with van der Waals surface area (Å²) < 4.78 is 0. The smallest absolute Gasteiger partial charge is 0.222 e. The Labute approximate surface area is 188 Å². The maximum absolute atomic E-state index is 12.4. The van der Waals surface area contributed by atoms with Crippen LogP contribution >= 0.6 is 0 Å². The highest BCUT2D eigenvalue weighted by molar-refractivity contribution is 5.78. The van der Waals surface area contributed by atoms with Gasteiger partial charge in [-0.25, -0.2) is 0 Å². The van der Waals surface area contributed by atoms with E-state index in [0.29, 0.717) is 56.9 Å². The molecule has 0 aromatic heterocycles. The van der Waals surface area contributed by atoms with E-state index in [1.807, 2.05) is 9.80 Å². The molecule has 3 N–H and O–H groups in total. The SMILES string of the molecule is CCN1CCCC1CN=C(N)NCCCCCC(=O)N1CCN(C(=O)CC(C)C)CC1. The van der Waals surface area contributed by atoms with Crippen molar-refractivity contribution in [2.24, 2.45) is 16.6 Å². The zero-order chi connectivity index (χ0) is 22.6. The molecule has 1 unspecified atom stereocenters. The summed E-state index contributed by atoms with van der Waals surface area (Å²) in [6.07, 6.45) is 6.50. The highest BCUT2D eigenvalue weighted by atomic mass is 16.2. The Morgan fingerprint density at radius 2 is 1.71 bits per heavy atom. The number of hydrogen-bond donors (Lipinski definition) is 2. The summed E-state index contributed by atoms with van der Waals surface area (Å²) in [5.41, 5.74) is 5.99. The fourth-order valence-corrected chi connectivity index (χ4v) is 4.41. The second-order valence-corrected chi connectivity index (χ2v) is 9.25. The molecule has 8 heteroatoms. The molecule has 0 aromatic rings. The Morgan fingerprint density at radius 1 is 1.03 bits per heavy atom. The van der Waals surface area contributed by atoms with E-state index in [2.05, 4.69) is 36.0 Å². The number of likely N-dealkylation sites (tertiary alicyclic amines) is 1. The number of nitrogens with one attached hydrogen (secondary N) is 1.